The molecule has 0 N–H and O–H groups in total. The summed E-state index contributed by atoms with van der Waals surface area (Å²) >= 11 is 0. The van der Waals surface area contributed by atoms with E-state index in [-0.39, 0.29) is 15.3 Å². The zero-order valence-electron chi connectivity index (χ0n) is 27.4. The van der Waals surface area contributed by atoms with E-state index in [1.54, 1.807) is 30.3 Å². The highest BCUT2D eigenvalue weighted by molar-refractivity contribution is 7.91. The Morgan fingerprint density at radius 2 is 1.27 bits per heavy atom. The summed E-state index contributed by atoms with van der Waals surface area (Å²) in [5.74, 6) is 0. The van der Waals surface area contributed by atoms with Crippen LogP contribution in [0.5, 0.6) is 0 Å². The predicted octanol–water partition coefficient (Wildman–Crippen LogP) is 10.6. The maximum Gasteiger partial charge on any atom is 0.223 e. The molecule has 0 bridgehead atoms. The van der Waals surface area contributed by atoms with Crippen molar-refractivity contribution in [2.45, 2.75) is 36.1 Å². The third kappa shape index (κ3) is 4.30. The van der Waals surface area contributed by atoms with Gasteiger partial charge < -0.3 is 9.47 Å². The molecule has 238 valence electrons. The quantitative estimate of drug-likeness (QED) is 0.189. The SMILES string of the molecule is Cc1nc(S(=O)(=O)c2ccccc2)ccc1N1c2ccccc2C(C)(C)c2cc(-n3c4ccccc4c4c5ccccc5ccc43)ccc21. The lowest BCUT2D eigenvalue weighted by atomic mass is 9.73. The van der Waals surface area contributed by atoms with E-state index < -0.39 is 9.84 Å². The summed E-state index contributed by atoms with van der Waals surface area (Å²) in [6.07, 6.45) is 0. The summed E-state index contributed by atoms with van der Waals surface area (Å²) in [4.78, 5) is 7.16. The minimum absolute atomic E-state index is 0.0417. The second kappa shape index (κ2) is 10.6. The fourth-order valence-electron chi connectivity index (χ4n) is 7.74. The van der Waals surface area contributed by atoms with E-state index >= 15 is 0 Å². The molecule has 0 atom stereocenters. The number of hydrogen-bond acceptors (Lipinski definition) is 4. The lowest BCUT2D eigenvalue weighted by Crippen LogP contribution is -2.31. The molecule has 0 unspecified atom stereocenters. The summed E-state index contributed by atoms with van der Waals surface area (Å²) in [6, 6.07) is 48.9. The molecular weight excluding hydrogens is 623 g/mol. The summed E-state index contributed by atoms with van der Waals surface area (Å²) in [7, 11) is -3.76. The maximum absolute atomic E-state index is 13.5. The van der Waals surface area contributed by atoms with Gasteiger partial charge in [0, 0.05) is 21.9 Å². The van der Waals surface area contributed by atoms with Crippen molar-refractivity contribution in [1.29, 1.82) is 0 Å². The van der Waals surface area contributed by atoms with Crippen molar-refractivity contribution in [3.8, 4) is 5.69 Å². The lowest BCUT2D eigenvalue weighted by Gasteiger charge is -2.42. The first-order chi connectivity index (χ1) is 23.7. The molecule has 5 nitrogen and oxygen atoms in total. The highest BCUT2D eigenvalue weighted by Gasteiger charge is 2.38. The number of pyridine rings is 1. The molecule has 0 radical (unpaired) electrons. The van der Waals surface area contributed by atoms with E-state index in [0.717, 1.165) is 28.3 Å². The number of fused-ring (bicyclic) bond motifs is 7. The number of sulfone groups is 1. The third-order valence-corrected chi connectivity index (χ3v) is 11.8. The zero-order chi connectivity index (χ0) is 33.5. The van der Waals surface area contributed by atoms with Crippen LogP contribution in [0.15, 0.2) is 156 Å². The average molecular weight is 656 g/mol. The van der Waals surface area contributed by atoms with Gasteiger partial charge in [0.25, 0.3) is 0 Å². The minimum atomic E-state index is -3.76. The van der Waals surface area contributed by atoms with E-state index in [9.17, 15) is 8.42 Å². The van der Waals surface area contributed by atoms with Gasteiger partial charge in [0.2, 0.25) is 9.84 Å². The van der Waals surface area contributed by atoms with Gasteiger partial charge in [-0.1, -0.05) is 98.8 Å². The summed E-state index contributed by atoms with van der Waals surface area (Å²) in [5, 5.41) is 4.99. The van der Waals surface area contributed by atoms with Gasteiger partial charge in [0.15, 0.2) is 5.03 Å². The zero-order valence-corrected chi connectivity index (χ0v) is 28.2. The maximum atomic E-state index is 13.5. The molecule has 3 heterocycles. The van der Waals surface area contributed by atoms with Gasteiger partial charge in [0.05, 0.1) is 38.7 Å². The molecular formula is C43H33N3O2S. The van der Waals surface area contributed by atoms with Gasteiger partial charge >= 0.3 is 0 Å². The molecule has 9 rings (SSSR count). The standard InChI is InChI=1S/C43H33N3O2S/c1-28-36(25-26-41(44-28)49(47,48)31-14-5-4-6-15-31)46-38-20-12-10-18-34(38)43(2,3)35-27-30(22-24-39(35)46)45-37-19-11-9-17-33(37)42-32-16-8-7-13-29(32)21-23-40(42)45/h4-27H,1-3H3. The Morgan fingerprint density at radius 3 is 2.08 bits per heavy atom. The smallest absolute Gasteiger partial charge is 0.223 e. The molecule has 1 aliphatic rings. The van der Waals surface area contributed by atoms with Crippen LogP contribution < -0.4 is 4.90 Å². The molecule has 8 aromatic rings. The first-order valence-electron chi connectivity index (χ1n) is 16.5. The van der Waals surface area contributed by atoms with Crippen LogP contribution in [0.4, 0.5) is 17.1 Å². The van der Waals surface area contributed by atoms with Gasteiger partial charge in [-0.05, 0) is 89.5 Å². The fourth-order valence-corrected chi connectivity index (χ4v) is 9.01. The molecule has 0 saturated heterocycles. The number of hydrogen-bond donors (Lipinski definition) is 0. The largest absolute Gasteiger partial charge is 0.309 e. The number of aryl methyl sites for hydroxylation is 1. The van der Waals surface area contributed by atoms with Gasteiger partial charge in [-0.15, -0.1) is 0 Å². The number of anilines is 3. The molecule has 6 aromatic carbocycles. The summed E-state index contributed by atoms with van der Waals surface area (Å²) in [5.41, 5.74) is 9.04. The average Bonchev–Trinajstić information content (AvgIpc) is 3.47. The topological polar surface area (TPSA) is 55.2 Å². The second-order valence-corrected chi connectivity index (χ2v) is 15.2. The van der Waals surface area contributed by atoms with E-state index in [1.807, 2.05) is 19.1 Å². The molecule has 0 amide bonds. The van der Waals surface area contributed by atoms with Gasteiger partial charge in [-0.3, -0.25) is 0 Å². The van der Waals surface area contributed by atoms with Crippen molar-refractivity contribution < 1.29 is 8.42 Å². The van der Waals surface area contributed by atoms with Gasteiger partial charge in [-0.2, -0.15) is 0 Å². The van der Waals surface area contributed by atoms with Crippen molar-refractivity contribution in [3.63, 3.8) is 0 Å². The van der Waals surface area contributed by atoms with Gasteiger partial charge in [0.1, 0.15) is 0 Å². The first kappa shape index (κ1) is 29.4. The number of benzene rings is 6. The Kier molecular flexibility index (Phi) is 6.39. The number of para-hydroxylation sites is 2. The van der Waals surface area contributed by atoms with Crippen LogP contribution in [0.3, 0.4) is 0 Å². The molecule has 49 heavy (non-hydrogen) atoms. The molecule has 0 fully saturated rings. The van der Waals surface area contributed by atoms with Gasteiger partial charge in [-0.25, -0.2) is 13.4 Å². The normalized spacial score (nSPS) is 13.9. The van der Waals surface area contributed by atoms with E-state index in [1.165, 1.54) is 38.2 Å². The molecule has 0 aliphatic carbocycles. The van der Waals surface area contributed by atoms with Crippen molar-refractivity contribution in [1.82, 2.24) is 9.55 Å². The summed E-state index contributed by atoms with van der Waals surface area (Å²) < 4.78 is 29.4. The molecule has 0 spiro atoms. The highest BCUT2D eigenvalue weighted by Crippen LogP contribution is 2.53. The van der Waals surface area contributed by atoms with Crippen LogP contribution in [0.1, 0.15) is 30.7 Å². The second-order valence-electron chi connectivity index (χ2n) is 13.3. The highest BCUT2D eigenvalue weighted by atomic mass is 32.2. The van der Waals surface area contributed by atoms with E-state index in [2.05, 4.69) is 126 Å². The van der Waals surface area contributed by atoms with Crippen LogP contribution in [0, 0.1) is 6.92 Å². The lowest BCUT2D eigenvalue weighted by molar-refractivity contribution is 0.592. The Hall–Kier alpha value is -5.72. The van der Waals surface area contributed by atoms with E-state index in [4.69, 9.17) is 4.98 Å². The number of nitrogens with zero attached hydrogens (tertiary/aromatic N) is 3. The fraction of sp³-hybridized carbons (Fsp3) is 0.0930. The molecule has 6 heteroatoms. The Bertz CT molecular complexity index is 2730. The Balaban J connectivity index is 1.25. The molecule has 0 saturated carbocycles. The van der Waals surface area contributed by atoms with Crippen LogP contribution in [0.25, 0.3) is 38.3 Å². The minimum Gasteiger partial charge on any atom is -0.309 e. The van der Waals surface area contributed by atoms with Crippen molar-refractivity contribution >= 4 is 59.5 Å². The summed E-state index contributed by atoms with van der Waals surface area (Å²) in [6.45, 7) is 6.45. The molecule has 2 aromatic heterocycles. The Morgan fingerprint density at radius 1 is 0.592 bits per heavy atom. The van der Waals surface area contributed by atoms with Crippen molar-refractivity contribution in [2.24, 2.45) is 0 Å². The first-order valence-corrected chi connectivity index (χ1v) is 18.0. The Labute approximate surface area is 285 Å². The van der Waals surface area contributed by atoms with Crippen LogP contribution in [-0.2, 0) is 15.3 Å². The number of rotatable bonds is 4. The predicted molar refractivity (Wildman–Crippen MR) is 200 cm³/mol. The molecule has 1 aliphatic heterocycles. The number of aromatic nitrogens is 2. The van der Waals surface area contributed by atoms with Crippen LogP contribution in [0.2, 0.25) is 0 Å². The van der Waals surface area contributed by atoms with Crippen LogP contribution >= 0.6 is 0 Å². The third-order valence-electron chi connectivity index (χ3n) is 10.1. The monoisotopic (exact) mass is 655 g/mol. The van der Waals surface area contributed by atoms with Crippen LogP contribution in [-0.4, -0.2) is 18.0 Å². The van der Waals surface area contributed by atoms with Crippen molar-refractivity contribution in [3.05, 3.63) is 162 Å². The van der Waals surface area contributed by atoms with Crippen molar-refractivity contribution in [2.75, 3.05) is 4.90 Å². The van der Waals surface area contributed by atoms with E-state index in [0.29, 0.717) is 5.69 Å².